The summed E-state index contributed by atoms with van der Waals surface area (Å²) in [5.41, 5.74) is 0. The molecule has 0 radical (unpaired) electrons. The first kappa shape index (κ1) is 14.1. The Kier molecular flexibility index (Phi) is 5.45. The van der Waals surface area contributed by atoms with Gasteiger partial charge in [-0.05, 0) is 51.4 Å². The fraction of sp³-hybridized carbons (Fsp3) is 0.667. The molecule has 4 nitrogen and oxygen atoms in total. The van der Waals surface area contributed by atoms with E-state index in [-0.39, 0.29) is 5.97 Å². The van der Waals surface area contributed by atoms with Crippen LogP contribution in [0.3, 0.4) is 0 Å². The fourth-order valence-corrected chi connectivity index (χ4v) is 2.63. The molecule has 2 rings (SSSR count). The summed E-state index contributed by atoms with van der Waals surface area (Å²) in [6.07, 6.45) is 5.44. The monoisotopic (exact) mass is 265 g/mol. The van der Waals surface area contributed by atoms with Gasteiger partial charge in [0.15, 0.2) is 0 Å². The van der Waals surface area contributed by atoms with Crippen LogP contribution in [-0.4, -0.2) is 37.1 Å². The van der Waals surface area contributed by atoms with Gasteiger partial charge in [-0.15, -0.1) is 0 Å². The van der Waals surface area contributed by atoms with Gasteiger partial charge in [-0.1, -0.05) is 0 Å². The zero-order chi connectivity index (χ0) is 13.5. The average molecular weight is 265 g/mol. The van der Waals surface area contributed by atoms with Crippen molar-refractivity contribution < 1.29 is 13.9 Å². The Labute approximate surface area is 114 Å². The number of likely N-dealkylation sites (tertiary alicyclic amines) is 1. The number of furan rings is 1. The lowest BCUT2D eigenvalue weighted by Gasteiger charge is -2.14. The molecule has 1 fully saturated rings. The quantitative estimate of drug-likeness (QED) is 0.561. The van der Waals surface area contributed by atoms with E-state index in [9.17, 15) is 4.79 Å². The van der Waals surface area contributed by atoms with Gasteiger partial charge in [-0.25, -0.2) is 0 Å². The van der Waals surface area contributed by atoms with Gasteiger partial charge in [0.1, 0.15) is 5.76 Å². The van der Waals surface area contributed by atoms with Crippen molar-refractivity contribution in [3.05, 3.63) is 24.2 Å². The Morgan fingerprint density at radius 1 is 1.53 bits per heavy atom. The largest absolute Gasteiger partial charge is 0.469 e. The predicted octanol–water partition coefficient (Wildman–Crippen LogP) is 2.80. The molecular weight excluding hydrogens is 242 g/mol. The Balaban J connectivity index is 1.59. The Hall–Kier alpha value is -1.29. The smallest absolute Gasteiger partial charge is 0.305 e. The molecule has 1 aliphatic heterocycles. The molecular formula is C15H23NO3. The van der Waals surface area contributed by atoms with E-state index < -0.39 is 0 Å². The molecule has 1 saturated heterocycles. The number of unbranched alkanes of at least 4 members (excludes halogenated alkanes) is 1. The van der Waals surface area contributed by atoms with Crippen LogP contribution in [0.1, 0.15) is 44.3 Å². The summed E-state index contributed by atoms with van der Waals surface area (Å²) < 4.78 is 10.4. The third-order valence-electron chi connectivity index (χ3n) is 3.63. The van der Waals surface area contributed by atoms with Crippen molar-refractivity contribution in [3.8, 4) is 0 Å². The number of carbonyl (C=O) groups excluding carboxylic acids is 1. The van der Waals surface area contributed by atoms with E-state index in [4.69, 9.17) is 9.15 Å². The normalized spacial score (nSPS) is 19.7. The Bertz CT molecular complexity index is 375. The third kappa shape index (κ3) is 4.39. The van der Waals surface area contributed by atoms with Gasteiger partial charge in [0, 0.05) is 18.9 Å². The Morgan fingerprint density at radius 3 is 3.16 bits per heavy atom. The predicted molar refractivity (Wildman–Crippen MR) is 73.0 cm³/mol. The minimum atomic E-state index is -0.0719. The number of hydrogen-bond donors (Lipinski definition) is 0. The van der Waals surface area contributed by atoms with E-state index in [0.29, 0.717) is 18.9 Å². The number of esters is 1. The first-order chi connectivity index (χ1) is 9.29. The number of hydrogen-bond acceptors (Lipinski definition) is 4. The van der Waals surface area contributed by atoms with Crippen LogP contribution in [0, 0.1) is 0 Å². The SMILES string of the molecule is CCOC(=O)CCCCN1CC[C@@H](c2ccco2)C1. The molecule has 1 aromatic rings. The lowest BCUT2D eigenvalue weighted by Crippen LogP contribution is -2.21. The zero-order valence-corrected chi connectivity index (χ0v) is 11.6. The molecule has 2 heterocycles. The van der Waals surface area contributed by atoms with E-state index in [1.165, 1.54) is 6.42 Å². The van der Waals surface area contributed by atoms with Crippen molar-refractivity contribution in [2.75, 3.05) is 26.2 Å². The summed E-state index contributed by atoms with van der Waals surface area (Å²) in [6, 6.07) is 4.02. The second-order valence-electron chi connectivity index (χ2n) is 5.06. The molecule has 0 aromatic carbocycles. The van der Waals surface area contributed by atoms with Gasteiger partial charge in [-0.2, -0.15) is 0 Å². The van der Waals surface area contributed by atoms with Crippen LogP contribution in [0.15, 0.2) is 22.8 Å². The molecule has 0 spiro atoms. The van der Waals surface area contributed by atoms with Crippen molar-refractivity contribution in [1.82, 2.24) is 4.90 Å². The van der Waals surface area contributed by atoms with Crippen LogP contribution in [0.5, 0.6) is 0 Å². The summed E-state index contributed by atoms with van der Waals surface area (Å²) in [6.45, 7) is 5.60. The highest BCUT2D eigenvalue weighted by Gasteiger charge is 2.25. The van der Waals surface area contributed by atoms with Gasteiger partial charge in [0.2, 0.25) is 0 Å². The highest BCUT2D eigenvalue weighted by Crippen LogP contribution is 2.27. The maximum Gasteiger partial charge on any atom is 0.305 e. The van der Waals surface area contributed by atoms with Crippen LogP contribution < -0.4 is 0 Å². The minimum Gasteiger partial charge on any atom is -0.469 e. The summed E-state index contributed by atoms with van der Waals surface area (Å²) in [5.74, 6) is 1.58. The maximum absolute atomic E-state index is 11.2. The van der Waals surface area contributed by atoms with E-state index in [2.05, 4.69) is 11.0 Å². The average Bonchev–Trinajstić information content (AvgIpc) is 3.05. The van der Waals surface area contributed by atoms with E-state index in [1.54, 1.807) is 6.26 Å². The maximum atomic E-state index is 11.2. The van der Waals surface area contributed by atoms with E-state index in [1.807, 2.05) is 13.0 Å². The summed E-state index contributed by atoms with van der Waals surface area (Å²) >= 11 is 0. The van der Waals surface area contributed by atoms with Crippen molar-refractivity contribution in [1.29, 1.82) is 0 Å². The van der Waals surface area contributed by atoms with Crippen LogP contribution in [0.4, 0.5) is 0 Å². The van der Waals surface area contributed by atoms with Crippen molar-refractivity contribution in [2.45, 2.75) is 38.5 Å². The van der Waals surface area contributed by atoms with Gasteiger partial charge >= 0.3 is 5.97 Å². The number of nitrogens with zero attached hydrogens (tertiary/aromatic N) is 1. The molecule has 0 bridgehead atoms. The molecule has 4 heteroatoms. The molecule has 0 unspecified atom stereocenters. The second-order valence-corrected chi connectivity index (χ2v) is 5.06. The molecule has 0 N–H and O–H groups in total. The highest BCUT2D eigenvalue weighted by atomic mass is 16.5. The van der Waals surface area contributed by atoms with Crippen LogP contribution in [0.2, 0.25) is 0 Å². The third-order valence-corrected chi connectivity index (χ3v) is 3.63. The van der Waals surface area contributed by atoms with Crippen LogP contribution in [0.25, 0.3) is 0 Å². The number of carbonyl (C=O) groups is 1. The first-order valence-electron chi connectivity index (χ1n) is 7.21. The van der Waals surface area contributed by atoms with Crippen LogP contribution >= 0.6 is 0 Å². The van der Waals surface area contributed by atoms with Crippen molar-refractivity contribution in [2.24, 2.45) is 0 Å². The van der Waals surface area contributed by atoms with Crippen LogP contribution in [-0.2, 0) is 9.53 Å². The number of rotatable bonds is 7. The molecule has 1 aromatic heterocycles. The molecule has 106 valence electrons. The van der Waals surface area contributed by atoms with E-state index in [0.717, 1.165) is 38.2 Å². The standard InChI is InChI=1S/C15H23NO3/c1-2-18-15(17)7-3-4-9-16-10-8-13(12-16)14-6-5-11-19-14/h5-6,11,13H,2-4,7-10,12H2,1H3/t13-/m1/s1. The number of ether oxygens (including phenoxy) is 1. The van der Waals surface area contributed by atoms with E-state index >= 15 is 0 Å². The second kappa shape index (κ2) is 7.34. The zero-order valence-electron chi connectivity index (χ0n) is 11.6. The van der Waals surface area contributed by atoms with Gasteiger partial charge in [-0.3, -0.25) is 4.79 Å². The summed E-state index contributed by atoms with van der Waals surface area (Å²) in [5, 5.41) is 0. The molecule has 1 aliphatic rings. The molecule has 0 amide bonds. The van der Waals surface area contributed by atoms with Gasteiger partial charge < -0.3 is 14.1 Å². The summed E-state index contributed by atoms with van der Waals surface area (Å²) in [4.78, 5) is 13.7. The molecule has 19 heavy (non-hydrogen) atoms. The fourth-order valence-electron chi connectivity index (χ4n) is 2.63. The Morgan fingerprint density at radius 2 is 2.42 bits per heavy atom. The highest BCUT2D eigenvalue weighted by molar-refractivity contribution is 5.69. The lowest BCUT2D eigenvalue weighted by molar-refractivity contribution is -0.143. The first-order valence-corrected chi connectivity index (χ1v) is 7.21. The summed E-state index contributed by atoms with van der Waals surface area (Å²) in [7, 11) is 0. The molecule has 1 atom stereocenters. The lowest BCUT2D eigenvalue weighted by atomic mass is 10.1. The van der Waals surface area contributed by atoms with Gasteiger partial charge in [0.25, 0.3) is 0 Å². The topological polar surface area (TPSA) is 42.7 Å². The minimum absolute atomic E-state index is 0.0719. The molecule has 0 saturated carbocycles. The van der Waals surface area contributed by atoms with Gasteiger partial charge in [0.05, 0.1) is 12.9 Å². The molecule has 0 aliphatic carbocycles. The van der Waals surface area contributed by atoms with Crippen molar-refractivity contribution in [3.63, 3.8) is 0 Å². The van der Waals surface area contributed by atoms with Crippen molar-refractivity contribution >= 4 is 5.97 Å².